The molecule has 0 aromatic rings. The van der Waals surface area contributed by atoms with E-state index in [1.807, 2.05) is 13.8 Å². The number of carbonyl (C=O) groups excluding carboxylic acids is 3. The smallest absolute Gasteiger partial charge is 0.306 e. The van der Waals surface area contributed by atoms with E-state index in [-0.39, 0.29) is 36.0 Å². The molecule has 9 atom stereocenters. The maximum Gasteiger partial charge on any atom is 0.306 e. The monoisotopic (exact) mass is 511 g/mol. The lowest BCUT2D eigenvalue weighted by Crippen LogP contribution is -2.69. The molecule has 6 nitrogen and oxygen atoms in total. The molecular formula is C26H35F2NO5S. The van der Waals surface area contributed by atoms with Gasteiger partial charge in [-0.3, -0.25) is 14.4 Å². The van der Waals surface area contributed by atoms with Crippen LogP contribution in [0.3, 0.4) is 0 Å². The molecule has 4 rings (SSSR count). The van der Waals surface area contributed by atoms with Crippen LogP contribution in [0.2, 0.25) is 0 Å². The number of allylic oxidation sites excluding steroid dienone is 4. The Morgan fingerprint density at radius 2 is 1.91 bits per heavy atom. The van der Waals surface area contributed by atoms with Crippen molar-refractivity contribution in [2.24, 2.45) is 28.6 Å². The third-order valence-corrected chi connectivity index (χ3v) is 11.0. The largest absolute Gasteiger partial charge is 0.447 e. The molecule has 1 amide bonds. The van der Waals surface area contributed by atoms with Gasteiger partial charge < -0.3 is 14.7 Å². The van der Waals surface area contributed by atoms with Gasteiger partial charge in [0.05, 0.1) is 6.10 Å². The Bertz CT molecular complexity index is 1020. The molecule has 1 N–H and O–H groups in total. The van der Waals surface area contributed by atoms with Crippen molar-refractivity contribution in [3.8, 4) is 0 Å². The summed E-state index contributed by atoms with van der Waals surface area (Å²) in [6.45, 7) is 6.93. The number of aliphatic hydroxyl groups excluding tert-OH is 1. The molecule has 0 aliphatic heterocycles. The molecular weight excluding hydrogens is 476 g/mol. The molecule has 0 spiro atoms. The van der Waals surface area contributed by atoms with Crippen molar-refractivity contribution in [2.75, 3.05) is 14.1 Å². The van der Waals surface area contributed by atoms with E-state index in [4.69, 9.17) is 4.74 Å². The van der Waals surface area contributed by atoms with Crippen molar-refractivity contribution in [3.63, 3.8) is 0 Å². The SMILES string of the molecule is CCC(=O)O[C@]1(SC(=O)N(C)C)[C@H](C)C[C@H]2C3C[C@H](F)C4=CC(=O)C=C[C@]4(C)[C@@]3(F)[C@@H](O)C[C@@]21C. The van der Waals surface area contributed by atoms with Crippen LogP contribution in [0.15, 0.2) is 23.8 Å². The highest BCUT2D eigenvalue weighted by Crippen LogP contribution is 2.73. The minimum absolute atomic E-state index is 0.0679. The second kappa shape index (κ2) is 8.40. The number of aliphatic hydroxyl groups is 1. The molecule has 0 saturated heterocycles. The number of nitrogens with zero attached hydrogens (tertiary/aromatic N) is 1. The van der Waals surface area contributed by atoms with Gasteiger partial charge in [0.15, 0.2) is 16.4 Å². The first kappa shape index (κ1) is 26.3. The molecule has 0 radical (unpaired) electrons. The van der Waals surface area contributed by atoms with E-state index < -0.39 is 57.3 Å². The number of carbonyl (C=O) groups is 3. The molecule has 0 bridgehead atoms. The maximum atomic E-state index is 17.3. The molecule has 0 aromatic heterocycles. The molecule has 9 heteroatoms. The summed E-state index contributed by atoms with van der Waals surface area (Å²) < 4.78 is 39.0. The van der Waals surface area contributed by atoms with Crippen LogP contribution in [0.25, 0.3) is 0 Å². The summed E-state index contributed by atoms with van der Waals surface area (Å²) >= 11 is 0.909. The highest BCUT2D eigenvalue weighted by Gasteiger charge is 2.77. The Labute approximate surface area is 209 Å². The van der Waals surface area contributed by atoms with Crippen molar-refractivity contribution < 1.29 is 33.0 Å². The van der Waals surface area contributed by atoms with E-state index in [1.165, 1.54) is 23.1 Å². The van der Waals surface area contributed by atoms with E-state index in [0.717, 1.165) is 11.8 Å². The van der Waals surface area contributed by atoms with Gasteiger partial charge in [-0.1, -0.05) is 26.8 Å². The topological polar surface area (TPSA) is 83.9 Å². The molecule has 1 unspecified atom stereocenters. The first-order chi connectivity index (χ1) is 16.2. The fourth-order valence-electron chi connectivity index (χ4n) is 7.40. The number of ketones is 1. The maximum absolute atomic E-state index is 17.3. The number of rotatable bonds is 3. The van der Waals surface area contributed by atoms with Gasteiger partial charge in [-0.15, -0.1) is 0 Å². The fourth-order valence-corrected chi connectivity index (χ4v) is 8.75. The number of fused-ring (bicyclic) bond motifs is 5. The number of alkyl halides is 2. The quantitative estimate of drug-likeness (QED) is 0.440. The first-order valence-corrected chi connectivity index (χ1v) is 13.1. The predicted octanol–water partition coefficient (Wildman–Crippen LogP) is 4.62. The van der Waals surface area contributed by atoms with Crippen LogP contribution in [0.1, 0.15) is 53.4 Å². The van der Waals surface area contributed by atoms with Crippen molar-refractivity contribution in [2.45, 2.75) is 76.3 Å². The van der Waals surface area contributed by atoms with Gasteiger partial charge in [-0.2, -0.15) is 0 Å². The summed E-state index contributed by atoms with van der Waals surface area (Å²) in [6, 6.07) is 0. The van der Waals surface area contributed by atoms with Crippen molar-refractivity contribution in [3.05, 3.63) is 23.8 Å². The van der Waals surface area contributed by atoms with Crippen LogP contribution in [0.4, 0.5) is 13.6 Å². The van der Waals surface area contributed by atoms with Crippen LogP contribution in [0, 0.1) is 28.6 Å². The lowest BCUT2D eigenvalue weighted by molar-refractivity contribution is -0.217. The normalized spacial score (nSPS) is 46.3. The zero-order valence-corrected chi connectivity index (χ0v) is 22.0. The number of amides is 1. The van der Waals surface area contributed by atoms with Gasteiger partial charge in [-0.05, 0) is 61.6 Å². The number of hydrogen-bond donors (Lipinski definition) is 1. The first-order valence-electron chi connectivity index (χ1n) is 12.3. The van der Waals surface area contributed by atoms with Gasteiger partial charge >= 0.3 is 5.97 Å². The minimum Gasteiger partial charge on any atom is -0.447 e. The van der Waals surface area contributed by atoms with Crippen molar-refractivity contribution in [1.29, 1.82) is 0 Å². The van der Waals surface area contributed by atoms with E-state index >= 15 is 8.78 Å². The highest BCUT2D eigenvalue weighted by atomic mass is 32.2. The van der Waals surface area contributed by atoms with Gasteiger partial charge in [0.2, 0.25) is 0 Å². The second-order valence-electron chi connectivity index (χ2n) is 11.3. The standard InChI is InChI=1S/C26H35F2NO5S/c1-7-21(32)34-26(35-22(33)29(5)6)14(2)10-16-17-12-19(27)18-11-15(30)8-9-23(18,3)25(17,28)20(31)13-24(16,26)4/h8-9,11,14,16-17,19-20,31H,7,10,12-13H2,1-6H3/t14-,16+,17?,19+,20+,23+,24+,25+,26+/m1/s1. The number of ether oxygens (including phenoxy) is 1. The fraction of sp³-hybridized carbons (Fsp3) is 0.731. The Balaban J connectivity index is 1.85. The summed E-state index contributed by atoms with van der Waals surface area (Å²) in [7, 11) is 3.21. The number of halogens is 2. The molecule has 3 fully saturated rings. The molecule has 35 heavy (non-hydrogen) atoms. The van der Waals surface area contributed by atoms with E-state index in [1.54, 1.807) is 27.9 Å². The van der Waals surface area contributed by atoms with Crippen LogP contribution in [-0.4, -0.2) is 64.0 Å². The van der Waals surface area contributed by atoms with Crippen LogP contribution in [0.5, 0.6) is 0 Å². The summed E-state index contributed by atoms with van der Waals surface area (Å²) in [5.74, 6) is -2.58. The summed E-state index contributed by atoms with van der Waals surface area (Å²) in [6.07, 6.45) is 1.01. The average Bonchev–Trinajstić information content (AvgIpc) is 2.98. The highest BCUT2D eigenvalue weighted by molar-refractivity contribution is 8.14. The Hall–Kier alpha value is -1.74. The summed E-state index contributed by atoms with van der Waals surface area (Å²) in [5, 5.41) is 11.2. The Morgan fingerprint density at radius 3 is 2.51 bits per heavy atom. The summed E-state index contributed by atoms with van der Waals surface area (Å²) in [4.78, 5) is 37.6. The van der Waals surface area contributed by atoms with E-state index in [2.05, 4.69) is 0 Å². The number of esters is 1. The Kier molecular flexibility index (Phi) is 6.32. The minimum atomic E-state index is -2.22. The number of hydrogen-bond acceptors (Lipinski definition) is 6. The van der Waals surface area contributed by atoms with E-state index in [9.17, 15) is 19.5 Å². The Morgan fingerprint density at radius 1 is 1.26 bits per heavy atom. The zero-order valence-electron chi connectivity index (χ0n) is 21.1. The number of thioether (sulfide) groups is 1. The van der Waals surface area contributed by atoms with Crippen molar-refractivity contribution >= 4 is 28.8 Å². The third-order valence-electron chi connectivity index (χ3n) is 9.23. The lowest BCUT2D eigenvalue weighted by atomic mass is 9.45. The predicted molar refractivity (Wildman–Crippen MR) is 129 cm³/mol. The molecule has 194 valence electrons. The molecule has 0 aromatic carbocycles. The van der Waals surface area contributed by atoms with Crippen LogP contribution >= 0.6 is 11.8 Å². The summed E-state index contributed by atoms with van der Waals surface area (Å²) in [5.41, 5.74) is -4.62. The second-order valence-corrected chi connectivity index (χ2v) is 12.4. The van der Waals surface area contributed by atoms with Gasteiger partial charge in [-0.25, -0.2) is 8.78 Å². The van der Waals surface area contributed by atoms with Crippen LogP contribution in [-0.2, 0) is 14.3 Å². The molecule has 0 heterocycles. The third kappa shape index (κ3) is 3.40. The lowest BCUT2D eigenvalue weighted by Gasteiger charge is -2.63. The van der Waals surface area contributed by atoms with Crippen molar-refractivity contribution in [1.82, 2.24) is 4.90 Å². The van der Waals surface area contributed by atoms with E-state index in [0.29, 0.717) is 6.42 Å². The average molecular weight is 512 g/mol. The molecule has 3 saturated carbocycles. The van der Waals surface area contributed by atoms with Crippen LogP contribution < -0.4 is 0 Å². The zero-order chi connectivity index (χ0) is 26.1. The van der Waals surface area contributed by atoms with Gasteiger partial charge in [0.1, 0.15) is 6.17 Å². The van der Waals surface area contributed by atoms with Gasteiger partial charge in [0, 0.05) is 43.2 Å². The molecule has 4 aliphatic carbocycles. The van der Waals surface area contributed by atoms with Gasteiger partial charge in [0.25, 0.3) is 5.24 Å². The molecule has 4 aliphatic rings.